The molecule has 0 N–H and O–H groups in total. The minimum atomic E-state index is 0.322. The molecule has 0 fully saturated rings. The van der Waals surface area contributed by atoms with Gasteiger partial charge in [0.2, 0.25) is 0 Å². The van der Waals surface area contributed by atoms with Gasteiger partial charge in [0.1, 0.15) is 19.1 Å². The standard InChI is InChI=1S/C13H19ClO3/c1-11(2)9-16-10-15-7-8-17-13-5-3-12(14)4-6-13/h3-6,11H,7-10H2,1-2H3. The maximum atomic E-state index is 5.76. The molecule has 96 valence electrons. The van der Waals surface area contributed by atoms with E-state index in [0.717, 1.165) is 12.4 Å². The average molecular weight is 259 g/mol. The Hall–Kier alpha value is -0.770. The van der Waals surface area contributed by atoms with Crippen LogP contribution < -0.4 is 4.74 Å². The SMILES string of the molecule is CC(C)COCOCCOc1ccc(Cl)cc1. The highest BCUT2D eigenvalue weighted by atomic mass is 35.5. The second kappa shape index (κ2) is 8.34. The van der Waals surface area contributed by atoms with E-state index in [0.29, 0.717) is 30.9 Å². The number of hydrogen-bond donors (Lipinski definition) is 0. The first kappa shape index (κ1) is 14.3. The lowest BCUT2D eigenvalue weighted by Crippen LogP contribution is -2.11. The van der Waals surface area contributed by atoms with Gasteiger partial charge in [-0.25, -0.2) is 0 Å². The zero-order chi connectivity index (χ0) is 12.5. The highest BCUT2D eigenvalue weighted by Gasteiger charge is 1.95. The molecule has 0 saturated heterocycles. The lowest BCUT2D eigenvalue weighted by atomic mass is 10.2. The summed E-state index contributed by atoms with van der Waals surface area (Å²) < 4.78 is 16.0. The Morgan fingerprint density at radius 1 is 1.06 bits per heavy atom. The van der Waals surface area contributed by atoms with Gasteiger partial charge in [0.25, 0.3) is 0 Å². The van der Waals surface area contributed by atoms with E-state index in [1.165, 1.54) is 0 Å². The summed E-state index contributed by atoms with van der Waals surface area (Å²) in [5, 5.41) is 0.704. The van der Waals surface area contributed by atoms with Crippen molar-refractivity contribution in [3.05, 3.63) is 29.3 Å². The summed E-state index contributed by atoms with van der Waals surface area (Å²) in [5.41, 5.74) is 0. The molecule has 1 rings (SSSR count). The second-order valence-corrected chi connectivity index (χ2v) is 4.53. The lowest BCUT2D eigenvalue weighted by Gasteiger charge is -2.09. The molecule has 0 heterocycles. The highest BCUT2D eigenvalue weighted by Crippen LogP contribution is 2.15. The van der Waals surface area contributed by atoms with Gasteiger partial charge in [-0.3, -0.25) is 0 Å². The Morgan fingerprint density at radius 2 is 1.76 bits per heavy atom. The van der Waals surface area contributed by atoms with Crippen LogP contribution in [0.15, 0.2) is 24.3 Å². The summed E-state index contributed by atoms with van der Waals surface area (Å²) in [6, 6.07) is 7.25. The van der Waals surface area contributed by atoms with E-state index in [1.54, 1.807) is 12.1 Å². The maximum absolute atomic E-state index is 5.76. The maximum Gasteiger partial charge on any atom is 0.146 e. The summed E-state index contributed by atoms with van der Waals surface area (Å²) in [5.74, 6) is 1.32. The van der Waals surface area contributed by atoms with Crippen LogP contribution in [0.25, 0.3) is 0 Å². The van der Waals surface area contributed by atoms with Gasteiger partial charge in [0, 0.05) is 5.02 Å². The summed E-state index contributed by atoms with van der Waals surface area (Å²) in [6.45, 7) is 6.26. The molecular formula is C13H19ClO3. The fraction of sp³-hybridized carbons (Fsp3) is 0.538. The normalized spacial score (nSPS) is 10.8. The molecule has 0 aliphatic carbocycles. The molecule has 0 radical (unpaired) electrons. The fourth-order valence-electron chi connectivity index (χ4n) is 1.15. The molecule has 0 unspecified atom stereocenters. The summed E-state index contributed by atoms with van der Waals surface area (Å²) in [6.07, 6.45) is 0. The van der Waals surface area contributed by atoms with Gasteiger partial charge in [-0.2, -0.15) is 0 Å². The van der Waals surface area contributed by atoms with Crippen LogP contribution in [0.2, 0.25) is 5.02 Å². The third-order valence-corrected chi connectivity index (χ3v) is 2.18. The van der Waals surface area contributed by atoms with Crippen LogP contribution in [0, 0.1) is 5.92 Å². The lowest BCUT2D eigenvalue weighted by molar-refractivity contribution is -0.0674. The van der Waals surface area contributed by atoms with Crippen LogP contribution in [-0.4, -0.2) is 26.6 Å². The number of ether oxygens (including phenoxy) is 3. The Morgan fingerprint density at radius 3 is 2.41 bits per heavy atom. The molecular weight excluding hydrogens is 240 g/mol. The first-order valence-corrected chi connectivity index (χ1v) is 6.10. The zero-order valence-corrected chi connectivity index (χ0v) is 11.1. The molecule has 0 atom stereocenters. The molecule has 1 aromatic carbocycles. The fourth-order valence-corrected chi connectivity index (χ4v) is 1.28. The van der Waals surface area contributed by atoms with Crippen molar-refractivity contribution in [1.82, 2.24) is 0 Å². The van der Waals surface area contributed by atoms with Crippen molar-refractivity contribution >= 4 is 11.6 Å². The van der Waals surface area contributed by atoms with Crippen LogP contribution in [0.5, 0.6) is 5.75 Å². The van der Waals surface area contributed by atoms with Crippen molar-refractivity contribution in [3.63, 3.8) is 0 Å². The molecule has 4 heteroatoms. The third-order valence-electron chi connectivity index (χ3n) is 1.93. The van der Waals surface area contributed by atoms with Crippen LogP contribution in [-0.2, 0) is 9.47 Å². The van der Waals surface area contributed by atoms with Crippen molar-refractivity contribution in [2.24, 2.45) is 5.92 Å². The van der Waals surface area contributed by atoms with Gasteiger partial charge < -0.3 is 14.2 Å². The van der Waals surface area contributed by atoms with E-state index in [2.05, 4.69) is 13.8 Å². The molecule has 0 aliphatic heterocycles. The largest absolute Gasteiger partial charge is 0.491 e. The molecule has 0 aliphatic rings. The Balaban J connectivity index is 1.99. The summed E-state index contributed by atoms with van der Waals surface area (Å²) in [4.78, 5) is 0. The topological polar surface area (TPSA) is 27.7 Å². The van der Waals surface area contributed by atoms with E-state index < -0.39 is 0 Å². The molecule has 1 aromatic rings. The van der Waals surface area contributed by atoms with Crippen LogP contribution in [0.3, 0.4) is 0 Å². The molecule has 0 saturated carbocycles. The smallest absolute Gasteiger partial charge is 0.146 e. The van der Waals surface area contributed by atoms with Gasteiger partial charge in [0.15, 0.2) is 0 Å². The molecule has 3 nitrogen and oxygen atoms in total. The quantitative estimate of drug-likeness (QED) is 0.529. The van der Waals surface area contributed by atoms with Crippen molar-refractivity contribution in [3.8, 4) is 5.75 Å². The van der Waals surface area contributed by atoms with E-state index >= 15 is 0 Å². The number of rotatable bonds is 8. The van der Waals surface area contributed by atoms with Gasteiger partial charge in [0.05, 0.1) is 13.2 Å². The third kappa shape index (κ3) is 7.21. The predicted molar refractivity (Wildman–Crippen MR) is 68.6 cm³/mol. The van der Waals surface area contributed by atoms with Gasteiger partial charge in [-0.15, -0.1) is 0 Å². The monoisotopic (exact) mass is 258 g/mol. The van der Waals surface area contributed by atoms with Crippen LogP contribution >= 0.6 is 11.6 Å². The minimum Gasteiger partial charge on any atom is -0.491 e. The predicted octanol–water partition coefficient (Wildman–Crippen LogP) is 3.37. The zero-order valence-electron chi connectivity index (χ0n) is 10.3. The molecule has 0 aromatic heterocycles. The van der Waals surface area contributed by atoms with E-state index in [-0.39, 0.29) is 0 Å². The van der Waals surface area contributed by atoms with Crippen molar-refractivity contribution < 1.29 is 14.2 Å². The first-order chi connectivity index (χ1) is 8.18. The average Bonchev–Trinajstić information content (AvgIpc) is 2.30. The minimum absolute atomic E-state index is 0.322. The van der Waals surface area contributed by atoms with E-state index in [1.807, 2.05) is 12.1 Å². The van der Waals surface area contributed by atoms with Crippen LogP contribution in [0.4, 0.5) is 0 Å². The highest BCUT2D eigenvalue weighted by molar-refractivity contribution is 6.30. The number of hydrogen-bond acceptors (Lipinski definition) is 3. The Kier molecular flexibility index (Phi) is 7.01. The van der Waals surface area contributed by atoms with E-state index in [9.17, 15) is 0 Å². The van der Waals surface area contributed by atoms with Gasteiger partial charge in [-0.05, 0) is 30.2 Å². The summed E-state index contributed by atoms with van der Waals surface area (Å²) >= 11 is 5.76. The number of benzene rings is 1. The Bertz CT molecular complexity index is 298. The molecule has 0 bridgehead atoms. The molecule has 0 spiro atoms. The summed E-state index contributed by atoms with van der Waals surface area (Å²) in [7, 11) is 0. The number of halogens is 1. The van der Waals surface area contributed by atoms with E-state index in [4.69, 9.17) is 25.8 Å². The van der Waals surface area contributed by atoms with Crippen molar-refractivity contribution in [1.29, 1.82) is 0 Å². The van der Waals surface area contributed by atoms with Gasteiger partial charge in [-0.1, -0.05) is 25.4 Å². The second-order valence-electron chi connectivity index (χ2n) is 4.09. The first-order valence-electron chi connectivity index (χ1n) is 5.72. The van der Waals surface area contributed by atoms with Crippen LogP contribution in [0.1, 0.15) is 13.8 Å². The van der Waals surface area contributed by atoms with Crippen molar-refractivity contribution in [2.45, 2.75) is 13.8 Å². The molecule has 0 amide bonds. The van der Waals surface area contributed by atoms with Crippen molar-refractivity contribution in [2.75, 3.05) is 26.6 Å². The molecule has 17 heavy (non-hydrogen) atoms. The van der Waals surface area contributed by atoms with Gasteiger partial charge >= 0.3 is 0 Å². The Labute approximate surface area is 108 Å².